The first-order valence-corrected chi connectivity index (χ1v) is 8.37. The summed E-state index contributed by atoms with van der Waals surface area (Å²) in [7, 11) is 0. The average Bonchev–Trinajstić information content (AvgIpc) is 2.64. The number of para-hydroxylation sites is 1. The zero-order valence-corrected chi connectivity index (χ0v) is 15.4. The molecule has 1 fully saturated rings. The molecule has 0 radical (unpaired) electrons. The maximum absolute atomic E-state index is 12.6. The zero-order chi connectivity index (χ0) is 17.6. The highest BCUT2D eigenvalue weighted by Gasteiger charge is 2.18. The molecule has 1 aliphatic heterocycles. The molecule has 6 nitrogen and oxygen atoms in total. The van der Waals surface area contributed by atoms with Crippen LogP contribution in [0.5, 0.6) is 0 Å². The highest BCUT2D eigenvalue weighted by atomic mass is 35.5. The fourth-order valence-corrected chi connectivity index (χ4v) is 2.75. The number of amides is 3. The summed E-state index contributed by atoms with van der Waals surface area (Å²) in [5.74, 6) is -0.00647. The number of carbonyl (C=O) groups is 2. The third kappa shape index (κ3) is 4.97. The normalized spacial score (nSPS) is 13.5. The van der Waals surface area contributed by atoms with E-state index in [0.717, 1.165) is 18.7 Å². The second kappa shape index (κ2) is 9.22. The fraction of sp³-hybridized carbons (Fsp3) is 0.263. The van der Waals surface area contributed by atoms with Crippen LogP contribution in [0, 0.1) is 6.92 Å². The molecule has 138 valence electrons. The van der Waals surface area contributed by atoms with E-state index in [-0.39, 0.29) is 24.3 Å². The van der Waals surface area contributed by atoms with Crippen LogP contribution in [0.25, 0.3) is 0 Å². The molecule has 2 aromatic carbocycles. The standard InChI is InChI=1S/C19H22N4O2.ClH/c1-14-7-8-15(18(24)23-11-9-20-10-12-23)13-17(14)22-19(25)21-16-5-3-2-4-6-16;/h2-8,13,20H,9-12H2,1H3,(H2,21,22,25);1H. The molecule has 3 N–H and O–H groups in total. The van der Waals surface area contributed by atoms with Gasteiger partial charge in [-0.05, 0) is 36.8 Å². The molecule has 0 aliphatic carbocycles. The van der Waals surface area contributed by atoms with Crippen molar-refractivity contribution < 1.29 is 9.59 Å². The highest BCUT2D eigenvalue weighted by molar-refractivity contribution is 6.02. The van der Waals surface area contributed by atoms with Crippen molar-refractivity contribution in [2.24, 2.45) is 0 Å². The number of halogens is 1. The van der Waals surface area contributed by atoms with Crippen molar-refractivity contribution in [3.63, 3.8) is 0 Å². The summed E-state index contributed by atoms with van der Waals surface area (Å²) in [6.07, 6.45) is 0. The van der Waals surface area contributed by atoms with Crippen LogP contribution in [0.4, 0.5) is 16.2 Å². The lowest BCUT2D eigenvalue weighted by Crippen LogP contribution is -2.46. The molecule has 1 heterocycles. The predicted molar refractivity (Wildman–Crippen MR) is 106 cm³/mol. The van der Waals surface area contributed by atoms with E-state index in [0.29, 0.717) is 30.0 Å². The lowest BCUT2D eigenvalue weighted by molar-refractivity contribution is 0.0736. The van der Waals surface area contributed by atoms with Crippen molar-refractivity contribution in [3.8, 4) is 0 Å². The van der Waals surface area contributed by atoms with Crippen LogP contribution in [0.2, 0.25) is 0 Å². The maximum Gasteiger partial charge on any atom is 0.323 e. The van der Waals surface area contributed by atoms with Crippen molar-refractivity contribution in [2.45, 2.75) is 6.92 Å². The molecule has 0 aromatic heterocycles. The molecule has 1 aliphatic rings. The molecule has 0 saturated carbocycles. The number of carbonyl (C=O) groups excluding carboxylic acids is 2. The molecule has 0 spiro atoms. The smallest absolute Gasteiger partial charge is 0.323 e. The summed E-state index contributed by atoms with van der Waals surface area (Å²) in [6, 6.07) is 14.3. The van der Waals surface area contributed by atoms with Gasteiger partial charge in [0.2, 0.25) is 0 Å². The first-order chi connectivity index (χ1) is 12.1. The number of anilines is 2. The van der Waals surface area contributed by atoms with Gasteiger partial charge in [-0.15, -0.1) is 12.4 Å². The maximum atomic E-state index is 12.6. The van der Waals surface area contributed by atoms with Crippen molar-refractivity contribution >= 4 is 35.7 Å². The van der Waals surface area contributed by atoms with Gasteiger partial charge < -0.3 is 20.9 Å². The number of nitrogens with one attached hydrogen (secondary N) is 3. The van der Waals surface area contributed by atoms with Gasteiger partial charge in [-0.2, -0.15) is 0 Å². The Balaban J connectivity index is 0.00000243. The van der Waals surface area contributed by atoms with Crippen LogP contribution in [0.15, 0.2) is 48.5 Å². The summed E-state index contributed by atoms with van der Waals surface area (Å²) in [6.45, 7) is 4.91. The van der Waals surface area contributed by atoms with Gasteiger partial charge in [0.25, 0.3) is 5.91 Å². The number of piperazine rings is 1. The molecule has 0 bridgehead atoms. The Bertz CT molecular complexity index is 761. The first-order valence-electron chi connectivity index (χ1n) is 8.37. The Labute approximate surface area is 159 Å². The lowest BCUT2D eigenvalue weighted by atomic mass is 10.1. The number of aryl methyl sites for hydroxylation is 1. The van der Waals surface area contributed by atoms with Crippen molar-refractivity contribution in [1.29, 1.82) is 0 Å². The van der Waals surface area contributed by atoms with Crippen LogP contribution in [0.3, 0.4) is 0 Å². The molecule has 0 unspecified atom stereocenters. The van der Waals surface area contributed by atoms with E-state index in [1.54, 1.807) is 12.1 Å². The number of benzene rings is 2. The quantitative estimate of drug-likeness (QED) is 0.772. The van der Waals surface area contributed by atoms with Gasteiger partial charge in [0.15, 0.2) is 0 Å². The Hall–Kier alpha value is -2.57. The van der Waals surface area contributed by atoms with Crippen LogP contribution in [0.1, 0.15) is 15.9 Å². The summed E-state index contributed by atoms with van der Waals surface area (Å²) < 4.78 is 0. The van der Waals surface area contributed by atoms with Gasteiger partial charge in [-0.25, -0.2) is 4.79 Å². The van der Waals surface area contributed by atoms with E-state index in [1.165, 1.54) is 0 Å². The topological polar surface area (TPSA) is 73.5 Å². The number of hydrogen-bond donors (Lipinski definition) is 3. The van der Waals surface area contributed by atoms with Crippen molar-refractivity contribution in [2.75, 3.05) is 36.8 Å². The Morgan fingerprint density at radius 2 is 1.69 bits per heavy atom. The summed E-state index contributed by atoms with van der Waals surface area (Å²) >= 11 is 0. The molecule has 26 heavy (non-hydrogen) atoms. The summed E-state index contributed by atoms with van der Waals surface area (Å²) in [5, 5.41) is 8.83. The molecule has 2 aromatic rings. The van der Waals surface area contributed by atoms with Crippen LogP contribution >= 0.6 is 12.4 Å². The van der Waals surface area contributed by atoms with Crippen LogP contribution in [-0.4, -0.2) is 43.0 Å². The molecule has 3 rings (SSSR count). The van der Waals surface area contributed by atoms with Crippen LogP contribution in [-0.2, 0) is 0 Å². The van der Waals surface area contributed by atoms with E-state index in [1.807, 2.05) is 48.2 Å². The zero-order valence-electron chi connectivity index (χ0n) is 14.6. The Morgan fingerprint density at radius 3 is 2.38 bits per heavy atom. The minimum atomic E-state index is -0.332. The van der Waals surface area contributed by atoms with Gasteiger partial charge in [0, 0.05) is 43.1 Å². The van der Waals surface area contributed by atoms with Gasteiger partial charge in [-0.1, -0.05) is 24.3 Å². The average molecular weight is 375 g/mol. The third-order valence-electron chi connectivity index (χ3n) is 4.17. The molecule has 7 heteroatoms. The monoisotopic (exact) mass is 374 g/mol. The van der Waals surface area contributed by atoms with Crippen molar-refractivity contribution in [1.82, 2.24) is 10.2 Å². The minimum absolute atomic E-state index is 0. The second-order valence-corrected chi connectivity index (χ2v) is 6.02. The molecular formula is C19H23ClN4O2. The predicted octanol–water partition coefficient (Wildman–Crippen LogP) is 3.11. The van der Waals surface area contributed by atoms with E-state index in [4.69, 9.17) is 0 Å². The van der Waals surface area contributed by atoms with Crippen molar-refractivity contribution in [3.05, 3.63) is 59.7 Å². The Kier molecular flexibility index (Phi) is 7.00. The largest absolute Gasteiger partial charge is 0.336 e. The summed E-state index contributed by atoms with van der Waals surface area (Å²) in [5.41, 5.74) is 2.84. The number of hydrogen-bond acceptors (Lipinski definition) is 3. The SMILES string of the molecule is Cc1ccc(C(=O)N2CCNCC2)cc1NC(=O)Nc1ccccc1.Cl. The minimum Gasteiger partial charge on any atom is -0.336 e. The Morgan fingerprint density at radius 1 is 1.00 bits per heavy atom. The highest BCUT2D eigenvalue weighted by Crippen LogP contribution is 2.19. The fourth-order valence-electron chi connectivity index (χ4n) is 2.75. The van der Waals surface area contributed by atoms with Gasteiger partial charge >= 0.3 is 6.03 Å². The summed E-state index contributed by atoms with van der Waals surface area (Å²) in [4.78, 5) is 26.6. The van der Waals surface area contributed by atoms with Gasteiger partial charge in [0.1, 0.15) is 0 Å². The van der Waals surface area contributed by atoms with E-state index in [2.05, 4.69) is 16.0 Å². The van der Waals surface area contributed by atoms with E-state index in [9.17, 15) is 9.59 Å². The molecule has 3 amide bonds. The van der Waals surface area contributed by atoms with Crippen LogP contribution < -0.4 is 16.0 Å². The molecule has 1 saturated heterocycles. The molecular weight excluding hydrogens is 352 g/mol. The third-order valence-corrected chi connectivity index (χ3v) is 4.17. The van der Waals surface area contributed by atoms with E-state index >= 15 is 0 Å². The van der Waals surface area contributed by atoms with E-state index < -0.39 is 0 Å². The number of urea groups is 1. The first kappa shape index (κ1) is 19.8. The van der Waals surface area contributed by atoms with Gasteiger partial charge in [0.05, 0.1) is 0 Å². The number of rotatable bonds is 3. The van der Waals surface area contributed by atoms with Gasteiger partial charge in [-0.3, -0.25) is 4.79 Å². The second-order valence-electron chi connectivity index (χ2n) is 6.02. The number of nitrogens with zero attached hydrogens (tertiary/aromatic N) is 1. The molecule has 0 atom stereocenters. The lowest BCUT2D eigenvalue weighted by Gasteiger charge is -2.27.